The predicted octanol–water partition coefficient (Wildman–Crippen LogP) is 9.03. The van der Waals surface area contributed by atoms with Crippen molar-refractivity contribution in [1.29, 1.82) is 0 Å². The number of carbonyl (C=O) groups excluding carboxylic acids is 1. The van der Waals surface area contributed by atoms with Gasteiger partial charge in [0.25, 0.3) is 0 Å². The number of aromatic nitrogens is 1. The molecule has 0 aliphatic carbocycles. The zero-order valence-corrected chi connectivity index (χ0v) is 28.9. The van der Waals surface area contributed by atoms with Crippen LogP contribution in [0.5, 0.6) is 5.75 Å². The number of nitrogens with zero attached hydrogens (tertiary/aromatic N) is 1. The minimum absolute atomic E-state index is 0.0333. The van der Waals surface area contributed by atoms with E-state index in [-0.39, 0.29) is 13.2 Å². The van der Waals surface area contributed by atoms with E-state index in [0.29, 0.717) is 25.4 Å². The van der Waals surface area contributed by atoms with E-state index >= 15 is 0 Å². The summed E-state index contributed by atoms with van der Waals surface area (Å²) in [7, 11) is -2.17. The Bertz CT molecular complexity index is 983. The molecule has 0 bridgehead atoms. The Balaban J connectivity index is 1.46. The zero-order valence-electron chi connectivity index (χ0n) is 28.0. The van der Waals surface area contributed by atoms with Crippen LogP contribution in [0.25, 0.3) is 0 Å². The molecular formula is C36H60N2O6P+. The number of nitrogens with one attached hydrogen (secondary N) is 1. The van der Waals surface area contributed by atoms with Gasteiger partial charge in [-0.2, -0.15) is 0 Å². The highest BCUT2D eigenvalue weighted by atomic mass is 31.2. The molecule has 1 amide bonds. The first-order valence-corrected chi connectivity index (χ1v) is 18.6. The molecule has 0 saturated carbocycles. The zero-order chi connectivity index (χ0) is 32.2. The first-order chi connectivity index (χ1) is 22.1. The van der Waals surface area contributed by atoms with Crippen molar-refractivity contribution >= 4 is 14.7 Å². The summed E-state index contributed by atoms with van der Waals surface area (Å²) in [4.78, 5) is 22.5. The molecule has 2 atom stereocenters. The summed E-state index contributed by atoms with van der Waals surface area (Å²) >= 11 is 0. The maximum atomic E-state index is 12.2. The van der Waals surface area contributed by atoms with Crippen LogP contribution in [-0.4, -0.2) is 43.5 Å². The lowest BCUT2D eigenvalue weighted by Crippen LogP contribution is -2.32. The number of amides is 1. The van der Waals surface area contributed by atoms with Gasteiger partial charge in [-0.05, 0) is 25.5 Å². The number of carbonyl (C=O) groups is 1. The lowest BCUT2D eigenvalue weighted by molar-refractivity contribution is -0.688. The van der Waals surface area contributed by atoms with E-state index < -0.39 is 20.8 Å². The Morgan fingerprint density at radius 3 is 2.00 bits per heavy atom. The summed E-state index contributed by atoms with van der Waals surface area (Å²) in [5, 5.41) is 2.82. The van der Waals surface area contributed by atoms with Gasteiger partial charge in [0.1, 0.15) is 18.5 Å². The average molecular weight is 648 g/mol. The lowest BCUT2D eigenvalue weighted by atomic mass is 10.0. The van der Waals surface area contributed by atoms with Crippen LogP contribution in [0.3, 0.4) is 0 Å². The van der Waals surface area contributed by atoms with E-state index in [4.69, 9.17) is 18.5 Å². The summed E-state index contributed by atoms with van der Waals surface area (Å²) in [6.07, 6.45) is 24.2. The van der Waals surface area contributed by atoms with E-state index in [1.54, 1.807) is 6.07 Å². The molecule has 0 aliphatic rings. The summed E-state index contributed by atoms with van der Waals surface area (Å²) in [5.74, 6) is 0.523. The lowest BCUT2D eigenvalue weighted by Gasteiger charge is -2.19. The van der Waals surface area contributed by atoms with Crippen molar-refractivity contribution < 1.29 is 32.8 Å². The summed E-state index contributed by atoms with van der Waals surface area (Å²) in [6.45, 7) is 5.93. The van der Waals surface area contributed by atoms with Crippen molar-refractivity contribution in [2.24, 2.45) is 0 Å². The fraction of sp³-hybridized carbons (Fsp3) is 0.667. The molecule has 45 heavy (non-hydrogen) atoms. The highest BCUT2D eigenvalue weighted by molar-refractivity contribution is 7.41. The van der Waals surface area contributed by atoms with E-state index in [2.05, 4.69) is 16.8 Å². The number of rotatable bonds is 28. The number of ether oxygens (including phenoxy) is 2. The third-order valence-corrected chi connectivity index (χ3v) is 8.43. The number of benzene rings is 1. The quantitative estimate of drug-likeness (QED) is 0.0544. The molecule has 0 aliphatic heterocycles. The number of unbranched alkanes of at least 4 members (excludes halogenated alkanes) is 15. The Hall–Kier alpha value is -2.25. The van der Waals surface area contributed by atoms with Crippen LogP contribution in [-0.2, 0) is 20.5 Å². The van der Waals surface area contributed by atoms with Gasteiger partial charge in [0, 0.05) is 30.8 Å². The number of alkyl carbamates (subject to hydrolysis) is 1. The van der Waals surface area contributed by atoms with E-state index in [1.807, 2.05) is 55.7 Å². The SMILES string of the molecule is CCCCCCCCCCCCCCCCCCNC(=O)OCC(COP(O)Oc1cccc(C[n+]2ccccc2)c1)OCC. The minimum Gasteiger partial charge on any atom is -0.447 e. The molecule has 0 saturated heterocycles. The van der Waals surface area contributed by atoms with Gasteiger partial charge in [0.2, 0.25) is 0 Å². The van der Waals surface area contributed by atoms with E-state index in [1.165, 1.54) is 89.9 Å². The largest absolute Gasteiger partial charge is 0.447 e. The van der Waals surface area contributed by atoms with E-state index in [9.17, 15) is 9.69 Å². The first-order valence-electron chi connectivity index (χ1n) is 17.5. The highest BCUT2D eigenvalue weighted by Gasteiger charge is 2.17. The van der Waals surface area contributed by atoms with Crippen LogP contribution in [0.4, 0.5) is 4.79 Å². The third-order valence-electron chi connectivity index (χ3n) is 7.70. The first kappa shape index (κ1) is 38.9. The number of hydrogen-bond donors (Lipinski definition) is 2. The average Bonchev–Trinajstić information content (AvgIpc) is 3.04. The van der Waals surface area contributed by atoms with Gasteiger partial charge in [-0.15, -0.1) is 0 Å². The van der Waals surface area contributed by atoms with Gasteiger partial charge in [-0.3, -0.25) is 4.52 Å². The van der Waals surface area contributed by atoms with Crippen LogP contribution < -0.4 is 14.4 Å². The summed E-state index contributed by atoms with van der Waals surface area (Å²) < 4.78 is 24.1. The topological polar surface area (TPSA) is 90.1 Å². The molecule has 1 aromatic heterocycles. The fourth-order valence-electron chi connectivity index (χ4n) is 5.18. The predicted molar refractivity (Wildman–Crippen MR) is 182 cm³/mol. The van der Waals surface area contributed by atoms with Gasteiger partial charge in [0.15, 0.2) is 18.9 Å². The molecular weight excluding hydrogens is 587 g/mol. The maximum Gasteiger partial charge on any atom is 0.407 e. The van der Waals surface area contributed by atoms with Crippen LogP contribution in [0, 0.1) is 0 Å². The summed E-state index contributed by atoms with van der Waals surface area (Å²) in [5.41, 5.74) is 1.04. The standard InChI is InChI=1S/C36H59N2O6P/c1-3-5-6-7-8-9-10-11-12-13-14-15-16-17-18-20-26-37-36(39)42-31-35(41-4-2)32-43-45(40)44-34-25-23-24-33(29-34)30-38-27-21-19-22-28-38/h19,21-25,27-29,35,40H,3-18,20,26,30-32H2,1-2H3/p+1. The maximum absolute atomic E-state index is 12.2. The van der Waals surface area contributed by atoms with Gasteiger partial charge >= 0.3 is 14.7 Å². The molecule has 2 unspecified atom stereocenters. The van der Waals surface area contributed by atoms with Crippen molar-refractivity contribution in [3.8, 4) is 5.75 Å². The van der Waals surface area contributed by atoms with Crippen LogP contribution >= 0.6 is 8.60 Å². The molecule has 8 nitrogen and oxygen atoms in total. The Labute approximate surface area is 274 Å². The molecule has 0 radical (unpaired) electrons. The highest BCUT2D eigenvalue weighted by Crippen LogP contribution is 2.35. The van der Waals surface area contributed by atoms with Gasteiger partial charge in [-0.25, -0.2) is 9.36 Å². The van der Waals surface area contributed by atoms with Crippen LogP contribution in [0.1, 0.15) is 122 Å². The van der Waals surface area contributed by atoms with Crippen LogP contribution in [0.15, 0.2) is 54.9 Å². The third kappa shape index (κ3) is 21.2. The molecule has 2 aromatic rings. The van der Waals surface area contributed by atoms with Crippen LogP contribution in [0.2, 0.25) is 0 Å². The molecule has 2 N–H and O–H groups in total. The molecule has 254 valence electrons. The molecule has 9 heteroatoms. The molecule has 1 aromatic carbocycles. The number of pyridine rings is 1. The van der Waals surface area contributed by atoms with Crippen molar-refractivity contribution in [3.05, 3.63) is 60.4 Å². The van der Waals surface area contributed by atoms with Gasteiger partial charge in [0.05, 0.1) is 6.61 Å². The van der Waals surface area contributed by atoms with Gasteiger partial charge in [-0.1, -0.05) is 121 Å². The second-order valence-electron chi connectivity index (χ2n) is 11.7. The van der Waals surface area contributed by atoms with E-state index in [0.717, 1.165) is 18.4 Å². The minimum atomic E-state index is -2.17. The normalized spacial score (nSPS) is 12.5. The second-order valence-corrected chi connectivity index (χ2v) is 12.6. The Morgan fingerprint density at radius 2 is 1.40 bits per heavy atom. The second kappa shape index (κ2) is 26.9. The number of hydrogen-bond acceptors (Lipinski definition) is 6. The molecule has 1 heterocycles. The van der Waals surface area contributed by atoms with Crippen molar-refractivity contribution in [3.63, 3.8) is 0 Å². The van der Waals surface area contributed by atoms with Crippen molar-refractivity contribution in [1.82, 2.24) is 5.32 Å². The smallest absolute Gasteiger partial charge is 0.407 e. The van der Waals surface area contributed by atoms with Crippen molar-refractivity contribution in [2.45, 2.75) is 129 Å². The fourth-order valence-corrected chi connectivity index (χ4v) is 5.82. The van der Waals surface area contributed by atoms with Gasteiger partial charge < -0.3 is 24.2 Å². The molecule has 0 fully saturated rings. The molecule has 2 rings (SSSR count). The Morgan fingerprint density at radius 1 is 0.800 bits per heavy atom. The summed E-state index contributed by atoms with van der Waals surface area (Å²) in [6, 6.07) is 13.5. The van der Waals surface area contributed by atoms with Crippen molar-refractivity contribution in [2.75, 3.05) is 26.4 Å². The monoisotopic (exact) mass is 647 g/mol. The Kier molecular flexibility index (Phi) is 23.3. The molecule has 0 spiro atoms.